The molecule has 134 valence electrons. The number of nitrogens with two attached hydrogens (primary N) is 1. The number of aromatic nitrogens is 3. The summed E-state index contributed by atoms with van der Waals surface area (Å²) in [5.41, 5.74) is 5.56. The third-order valence-corrected chi connectivity index (χ3v) is 3.89. The van der Waals surface area contributed by atoms with E-state index in [-0.39, 0.29) is 27.7 Å². The molecular weight excluding hydrogens is 368 g/mol. The molecule has 3 rings (SSSR count). The highest BCUT2D eigenvalue weighted by molar-refractivity contribution is 6.33. The van der Waals surface area contributed by atoms with Gasteiger partial charge in [0, 0.05) is 5.56 Å². The molecule has 0 spiro atoms. The molecule has 0 bridgehead atoms. The second-order valence-corrected chi connectivity index (χ2v) is 5.74. The predicted octanol–water partition coefficient (Wildman–Crippen LogP) is 3.25. The van der Waals surface area contributed by atoms with E-state index in [1.54, 1.807) is 6.92 Å². The number of carbonyl (C=O) groups excluding carboxylic acids is 1. The molecule has 0 aliphatic rings. The summed E-state index contributed by atoms with van der Waals surface area (Å²) in [6.45, 7) is 1.60. The Bertz CT molecular complexity index is 1000. The second kappa shape index (κ2) is 6.60. The Morgan fingerprint density at radius 2 is 2.04 bits per heavy atom. The number of H-pyrrole nitrogens is 1. The average molecular weight is 380 g/mol. The first-order chi connectivity index (χ1) is 12.3. The number of pyridine rings is 1. The summed E-state index contributed by atoms with van der Waals surface area (Å²) in [4.78, 5) is 16.0. The van der Waals surface area contributed by atoms with Crippen LogP contribution in [-0.4, -0.2) is 26.2 Å². The molecule has 10 heteroatoms. The first-order valence-electron chi connectivity index (χ1n) is 7.24. The maximum absolute atomic E-state index is 14.4. The van der Waals surface area contributed by atoms with Crippen molar-refractivity contribution < 1.29 is 18.7 Å². The van der Waals surface area contributed by atoms with Gasteiger partial charge in [-0.3, -0.25) is 9.89 Å². The number of rotatable bonds is 3. The van der Waals surface area contributed by atoms with Crippen molar-refractivity contribution in [1.29, 1.82) is 0 Å². The lowest BCUT2D eigenvalue weighted by Crippen LogP contribution is -2.13. The Balaban J connectivity index is 1.96. The standard InChI is InChI=1S/C16H12ClF2N5O2/c1-6-13(14(17)24-23-6)22-16(26)8-4-10(19)7(5-12(8)25)11-3-2-9(18)15(20)21-11/h2-5,25H,1H3,(H2,20,21)(H,22,26)(H,23,24). The first kappa shape index (κ1) is 17.6. The van der Waals surface area contributed by atoms with E-state index >= 15 is 0 Å². The lowest BCUT2D eigenvalue weighted by molar-refractivity contribution is 0.102. The van der Waals surface area contributed by atoms with Gasteiger partial charge in [-0.05, 0) is 31.2 Å². The maximum Gasteiger partial charge on any atom is 0.259 e. The number of amides is 1. The molecule has 0 saturated carbocycles. The molecule has 0 aliphatic carbocycles. The molecule has 0 unspecified atom stereocenters. The number of anilines is 2. The Morgan fingerprint density at radius 1 is 1.31 bits per heavy atom. The zero-order valence-corrected chi connectivity index (χ0v) is 14.0. The summed E-state index contributed by atoms with van der Waals surface area (Å²) in [6, 6.07) is 4.08. The van der Waals surface area contributed by atoms with Crippen molar-refractivity contribution >= 4 is 29.0 Å². The van der Waals surface area contributed by atoms with E-state index in [4.69, 9.17) is 17.3 Å². The minimum absolute atomic E-state index is 0.0115. The fourth-order valence-electron chi connectivity index (χ4n) is 2.28. The highest BCUT2D eigenvalue weighted by atomic mass is 35.5. The topological polar surface area (TPSA) is 117 Å². The molecule has 0 aliphatic heterocycles. The fourth-order valence-corrected chi connectivity index (χ4v) is 2.50. The van der Waals surface area contributed by atoms with Gasteiger partial charge in [0.05, 0.1) is 17.0 Å². The van der Waals surface area contributed by atoms with E-state index in [2.05, 4.69) is 20.5 Å². The van der Waals surface area contributed by atoms with Crippen LogP contribution in [0, 0.1) is 18.6 Å². The highest BCUT2D eigenvalue weighted by Crippen LogP contribution is 2.31. The number of aromatic amines is 1. The number of nitrogen functional groups attached to an aromatic ring is 1. The Morgan fingerprint density at radius 3 is 2.65 bits per heavy atom. The van der Waals surface area contributed by atoms with Gasteiger partial charge >= 0.3 is 0 Å². The molecule has 0 fully saturated rings. The minimum Gasteiger partial charge on any atom is -0.507 e. The van der Waals surface area contributed by atoms with Gasteiger partial charge in [-0.2, -0.15) is 5.10 Å². The van der Waals surface area contributed by atoms with Crippen LogP contribution in [0.3, 0.4) is 0 Å². The molecule has 2 heterocycles. The number of halogens is 3. The van der Waals surface area contributed by atoms with Gasteiger partial charge in [-0.1, -0.05) is 11.6 Å². The number of aryl methyl sites for hydroxylation is 1. The molecule has 0 saturated heterocycles. The number of aromatic hydroxyl groups is 1. The second-order valence-electron chi connectivity index (χ2n) is 5.36. The first-order valence-corrected chi connectivity index (χ1v) is 7.62. The van der Waals surface area contributed by atoms with E-state index in [1.165, 1.54) is 6.07 Å². The van der Waals surface area contributed by atoms with E-state index in [1.807, 2.05) is 0 Å². The molecule has 7 nitrogen and oxygen atoms in total. The number of carbonyl (C=O) groups is 1. The third kappa shape index (κ3) is 3.16. The van der Waals surface area contributed by atoms with Gasteiger partial charge in [-0.25, -0.2) is 13.8 Å². The van der Waals surface area contributed by atoms with Crippen LogP contribution in [0.4, 0.5) is 20.3 Å². The minimum atomic E-state index is -0.846. The number of nitrogens with one attached hydrogen (secondary N) is 2. The predicted molar refractivity (Wildman–Crippen MR) is 92.0 cm³/mol. The molecule has 0 atom stereocenters. The fraction of sp³-hybridized carbons (Fsp3) is 0.0625. The maximum atomic E-state index is 14.4. The number of phenols is 1. The summed E-state index contributed by atoms with van der Waals surface area (Å²) >= 11 is 5.86. The molecule has 26 heavy (non-hydrogen) atoms. The van der Waals surface area contributed by atoms with Crippen LogP contribution in [0.25, 0.3) is 11.3 Å². The van der Waals surface area contributed by atoms with Crippen LogP contribution in [0.15, 0.2) is 24.3 Å². The van der Waals surface area contributed by atoms with E-state index in [0.717, 1.165) is 18.2 Å². The quantitative estimate of drug-likeness (QED) is 0.557. The van der Waals surface area contributed by atoms with Crippen LogP contribution < -0.4 is 11.1 Å². The number of hydrogen-bond donors (Lipinski definition) is 4. The summed E-state index contributed by atoms with van der Waals surface area (Å²) in [7, 11) is 0. The van der Waals surface area contributed by atoms with Gasteiger partial charge in [0.15, 0.2) is 11.6 Å². The highest BCUT2D eigenvalue weighted by Gasteiger charge is 2.20. The number of hydrogen-bond acceptors (Lipinski definition) is 5. The lowest BCUT2D eigenvalue weighted by Gasteiger charge is -2.10. The van der Waals surface area contributed by atoms with Crippen LogP contribution in [0.2, 0.25) is 5.15 Å². The van der Waals surface area contributed by atoms with Crippen LogP contribution in [0.5, 0.6) is 5.75 Å². The van der Waals surface area contributed by atoms with E-state index in [0.29, 0.717) is 5.69 Å². The zero-order valence-electron chi connectivity index (χ0n) is 13.3. The van der Waals surface area contributed by atoms with Gasteiger partial charge < -0.3 is 16.2 Å². The van der Waals surface area contributed by atoms with Crippen molar-refractivity contribution in [2.45, 2.75) is 6.92 Å². The van der Waals surface area contributed by atoms with Crippen LogP contribution in [0.1, 0.15) is 16.1 Å². The van der Waals surface area contributed by atoms with Crippen molar-refractivity contribution in [3.8, 4) is 17.0 Å². The van der Waals surface area contributed by atoms with Crippen molar-refractivity contribution in [3.63, 3.8) is 0 Å². The molecule has 2 aromatic heterocycles. The normalized spacial score (nSPS) is 10.8. The summed E-state index contributed by atoms with van der Waals surface area (Å²) < 4.78 is 27.6. The van der Waals surface area contributed by atoms with Gasteiger partial charge in [-0.15, -0.1) is 0 Å². The lowest BCUT2D eigenvalue weighted by atomic mass is 10.1. The summed E-state index contributed by atoms with van der Waals surface area (Å²) in [6.07, 6.45) is 0. The molecule has 1 aromatic carbocycles. The molecule has 3 aromatic rings. The van der Waals surface area contributed by atoms with Crippen molar-refractivity contribution in [1.82, 2.24) is 15.2 Å². The zero-order chi connectivity index (χ0) is 19.0. The Hall–Kier alpha value is -3.20. The van der Waals surface area contributed by atoms with Crippen LogP contribution in [-0.2, 0) is 0 Å². The molecule has 1 amide bonds. The SMILES string of the molecule is Cc1n[nH]c(Cl)c1NC(=O)c1cc(F)c(-c2ccc(F)c(N)n2)cc1O. The van der Waals surface area contributed by atoms with Crippen molar-refractivity contribution in [2.24, 2.45) is 0 Å². The largest absolute Gasteiger partial charge is 0.507 e. The molecule has 5 N–H and O–H groups in total. The number of benzene rings is 1. The smallest absolute Gasteiger partial charge is 0.259 e. The summed E-state index contributed by atoms with van der Waals surface area (Å²) in [5, 5.41) is 18.9. The van der Waals surface area contributed by atoms with Crippen LogP contribution >= 0.6 is 11.6 Å². The van der Waals surface area contributed by atoms with E-state index in [9.17, 15) is 18.7 Å². The average Bonchev–Trinajstić information content (AvgIpc) is 2.91. The number of nitrogens with zero attached hydrogens (tertiary/aromatic N) is 2. The monoisotopic (exact) mass is 379 g/mol. The third-order valence-electron chi connectivity index (χ3n) is 3.62. The molecule has 0 radical (unpaired) electrons. The number of phenolic OH excluding ortho intramolecular Hbond substituents is 1. The Kier molecular flexibility index (Phi) is 4.47. The van der Waals surface area contributed by atoms with Gasteiger partial charge in [0.1, 0.15) is 22.4 Å². The molecular formula is C16H12ClF2N5O2. The summed E-state index contributed by atoms with van der Waals surface area (Å²) in [5.74, 6) is -3.29. The van der Waals surface area contributed by atoms with Crippen molar-refractivity contribution in [2.75, 3.05) is 11.1 Å². The van der Waals surface area contributed by atoms with Gasteiger partial charge in [0.2, 0.25) is 0 Å². The van der Waals surface area contributed by atoms with Gasteiger partial charge in [0.25, 0.3) is 5.91 Å². The van der Waals surface area contributed by atoms with E-state index < -0.39 is 29.1 Å². The Labute approximate surface area is 150 Å². The van der Waals surface area contributed by atoms with Crippen molar-refractivity contribution in [3.05, 3.63) is 52.3 Å².